The molecule has 0 spiro atoms. The lowest BCUT2D eigenvalue weighted by Gasteiger charge is -2.24. The summed E-state index contributed by atoms with van der Waals surface area (Å²) in [6, 6.07) is 3.25. The second-order valence-corrected chi connectivity index (χ2v) is 5.04. The standard InChI is InChI=1S/C14H19NO4/c1-5-11(16)18-12(10-6-8-15-9-7-10)13(17)19-14(2,3)4/h6-9,12H,5H2,1-4H3. The molecular weight excluding hydrogens is 246 g/mol. The van der Waals surface area contributed by atoms with Gasteiger partial charge in [-0.1, -0.05) is 6.92 Å². The first-order valence-electron chi connectivity index (χ1n) is 6.15. The molecule has 0 amide bonds. The molecule has 5 nitrogen and oxygen atoms in total. The molecule has 0 N–H and O–H groups in total. The zero-order valence-electron chi connectivity index (χ0n) is 11.7. The van der Waals surface area contributed by atoms with E-state index in [1.165, 1.54) is 12.4 Å². The van der Waals surface area contributed by atoms with E-state index >= 15 is 0 Å². The summed E-state index contributed by atoms with van der Waals surface area (Å²) in [5.41, 5.74) is -0.0906. The van der Waals surface area contributed by atoms with Gasteiger partial charge in [-0.2, -0.15) is 0 Å². The Balaban J connectivity index is 2.93. The van der Waals surface area contributed by atoms with Crippen LogP contribution >= 0.6 is 0 Å². The van der Waals surface area contributed by atoms with Crippen LogP contribution in [0.3, 0.4) is 0 Å². The average Bonchev–Trinajstić information content (AvgIpc) is 2.34. The lowest BCUT2D eigenvalue weighted by atomic mass is 10.1. The number of aromatic nitrogens is 1. The predicted octanol–water partition coefficient (Wildman–Crippen LogP) is 2.42. The van der Waals surface area contributed by atoms with Gasteiger partial charge in [0.15, 0.2) is 0 Å². The molecule has 0 aromatic carbocycles. The van der Waals surface area contributed by atoms with Gasteiger partial charge in [-0.15, -0.1) is 0 Å². The molecule has 5 heteroatoms. The molecule has 0 radical (unpaired) electrons. The van der Waals surface area contributed by atoms with Gasteiger partial charge in [-0.05, 0) is 32.9 Å². The molecule has 0 aliphatic rings. The van der Waals surface area contributed by atoms with Gasteiger partial charge in [0.25, 0.3) is 0 Å². The Kier molecular flexibility index (Phi) is 5.03. The van der Waals surface area contributed by atoms with Gasteiger partial charge in [0.1, 0.15) is 5.60 Å². The van der Waals surface area contributed by atoms with Crippen LogP contribution in [0.4, 0.5) is 0 Å². The van der Waals surface area contributed by atoms with Gasteiger partial charge in [0.2, 0.25) is 6.10 Å². The Labute approximate surface area is 112 Å². The fraction of sp³-hybridized carbons (Fsp3) is 0.500. The summed E-state index contributed by atoms with van der Waals surface area (Å²) in [5.74, 6) is -1.03. The van der Waals surface area contributed by atoms with Crippen molar-refractivity contribution in [2.45, 2.75) is 45.8 Å². The SMILES string of the molecule is CCC(=O)OC(C(=O)OC(C)(C)C)c1ccncc1. The quantitative estimate of drug-likeness (QED) is 0.782. The normalized spacial score (nSPS) is 12.6. The molecule has 0 aliphatic heterocycles. The number of hydrogen-bond acceptors (Lipinski definition) is 5. The van der Waals surface area contributed by atoms with Gasteiger partial charge < -0.3 is 9.47 Å². The third-order valence-corrected chi connectivity index (χ3v) is 2.17. The smallest absolute Gasteiger partial charge is 0.352 e. The van der Waals surface area contributed by atoms with E-state index in [0.717, 1.165) is 0 Å². The van der Waals surface area contributed by atoms with Crippen LogP contribution in [0.1, 0.15) is 45.8 Å². The number of esters is 2. The van der Waals surface area contributed by atoms with Crippen LogP contribution < -0.4 is 0 Å². The summed E-state index contributed by atoms with van der Waals surface area (Å²) in [5, 5.41) is 0. The molecule has 0 saturated carbocycles. The van der Waals surface area contributed by atoms with Crippen LogP contribution in [0.5, 0.6) is 0 Å². The number of nitrogens with zero attached hydrogens (tertiary/aromatic N) is 1. The second kappa shape index (κ2) is 6.31. The topological polar surface area (TPSA) is 65.5 Å². The fourth-order valence-electron chi connectivity index (χ4n) is 1.36. The van der Waals surface area contributed by atoms with E-state index in [9.17, 15) is 9.59 Å². The van der Waals surface area contributed by atoms with Crippen molar-refractivity contribution < 1.29 is 19.1 Å². The summed E-state index contributed by atoms with van der Waals surface area (Å²) in [6.07, 6.45) is 2.22. The van der Waals surface area contributed by atoms with Crippen molar-refractivity contribution >= 4 is 11.9 Å². The lowest BCUT2D eigenvalue weighted by Crippen LogP contribution is -2.30. The van der Waals surface area contributed by atoms with E-state index in [1.807, 2.05) is 0 Å². The van der Waals surface area contributed by atoms with Crippen LogP contribution in [0.15, 0.2) is 24.5 Å². The highest BCUT2D eigenvalue weighted by molar-refractivity contribution is 5.80. The van der Waals surface area contributed by atoms with E-state index in [1.54, 1.807) is 39.8 Å². The number of ether oxygens (including phenoxy) is 2. The largest absolute Gasteiger partial charge is 0.457 e. The summed E-state index contributed by atoms with van der Waals surface area (Å²) in [4.78, 5) is 27.4. The Morgan fingerprint density at radius 1 is 1.26 bits per heavy atom. The van der Waals surface area contributed by atoms with E-state index in [-0.39, 0.29) is 6.42 Å². The van der Waals surface area contributed by atoms with Gasteiger partial charge in [0.05, 0.1) is 0 Å². The third kappa shape index (κ3) is 5.07. The Morgan fingerprint density at radius 2 is 1.84 bits per heavy atom. The van der Waals surface area contributed by atoms with Crippen LogP contribution in [0.25, 0.3) is 0 Å². The molecule has 0 aliphatic carbocycles. The number of carbonyl (C=O) groups is 2. The van der Waals surface area contributed by atoms with Gasteiger partial charge in [0, 0.05) is 24.4 Å². The Morgan fingerprint density at radius 3 is 2.32 bits per heavy atom. The molecular formula is C14H19NO4. The van der Waals surface area contributed by atoms with Gasteiger partial charge in [-0.3, -0.25) is 9.78 Å². The number of pyridine rings is 1. The molecule has 19 heavy (non-hydrogen) atoms. The maximum atomic E-state index is 12.1. The van der Waals surface area contributed by atoms with Crippen molar-refractivity contribution in [2.75, 3.05) is 0 Å². The van der Waals surface area contributed by atoms with Crippen LogP contribution in [0, 0.1) is 0 Å². The molecule has 1 atom stereocenters. The van der Waals surface area contributed by atoms with E-state index < -0.39 is 23.6 Å². The monoisotopic (exact) mass is 265 g/mol. The Bertz CT molecular complexity index is 437. The van der Waals surface area contributed by atoms with Crippen LogP contribution in [-0.4, -0.2) is 22.5 Å². The number of hydrogen-bond donors (Lipinski definition) is 0. The van der Waals surface area contributed by atoms with Crippen LogP contribution in [0.2, 0.25) is 0 Å². The molecule has 0 fully saturated rings. The van der Waals surface area contributed by atoms with Crippen molar-refractivity contribution in [3.8, 4) is 0 Å². The zero-order valence-corrected chi connectivity index (χ0v) is 11.7. The minimum Gasteiger partial charge on any atom is -0.457 e. The molecule has 104 valence electrons. The van der Waals surface area contributed by atoms with Crippen molar-refractivity contribution in [2.24, 2.45) is 0 Å². The highest BCUT2D eigenvalue weighted by Crippen LogP contribution is 2.22. The van der Waals surface area contributed by atoms with Gasteiger partial charge in [-0.25, -0.2) is 4.79 Å². The summed E-state index contributed by atoms with van der Waals surface area (Å²) < 4.78 is 10.4. The Hall–Kier alpha value is -1.91. The highest BCUT2D eigenvalue weighted by atomic mass is 16.6. The molecule has 1 heterocycles. The number of rotatable bonds is 4. The predicted molar refractivity (Wildman–Crippen MR) is 69.2 cm³/mol. The summed E-state index contributed by atoms with van der Waals surface area (Å²) >= 11 is 0. The van der Waals surface area contributed by atoms with Crippen molar-refractivity contribution in [3.63, 3.8) is 0 Å². The maximum absolute atomic E-state index is 12.1. The van der Waals surface area contributed by atoms with E-state index in [4.69, 9.17) is 9.47 Å². The van der Waals surface area contributed by atoms with Crippen molar-refractivity contribution in [3.05, 3.63) is 30.1 Å². The molecule has 1 aromatic heterocycles. The first-order valence-corrected chi connectivity index (χ1v) is 6.15. The molecule has 0 saturated heterocycles. The van der Waals surface area contributed by atoms with E-state index in [2.05, 4.69) is 4.98 Å². The first kappa shape index (κ1) is 15.1. The fourth-order valence-corrected chi connectivity index (χ4v) is 1.36. The average molecular weight is 265 g/mol. The second-order valence-electron chi connectivity index (χ2n) is 5.04. The molecule has 1 unspecified atom stereocenters. The van der Waals surface area contributed by atoms with Crippen molar-refractivity contribution in [1.29, 1.82) is 0 Å². The molecule has 0 bridgehead atoms. The summed E-state index contributed by atoms with van der Waals surface area (Å²) in [6.45, 7) is 6.95. The number of carbonyl (C=O) groups excluding carboxylic acids is 2. The highest BCUT2D eigenvalue weighted by Gasteiger charge is 2.29. The van der Waals surface area contributed by atoms with E-state index in [0.29, 0.717) is 5.56 Å². The van der Waals surface area contributed by atoms with Crippen molar-refractivity contribution in [1.82, 2.24) is 4.98 Å². The van der Waals surface area contributed by atoms with Crippen LogP contribution in [-0.2, 0) is 19.1 Å². The lowest BCUT2D eigenvalue weighted by molar-refractivity contribution is -0.176. The zero-order chi connectivity index (χ0) is 14.5. The summed E-state index contributed by atoms with van der Waals surface area (Å²) in [7, 11) is 0. The minimum absolute atomic E-state index is 0.199. The first-order chi connectivity index (χ1) is 8.83. The minimum atomic E-state index is -1.05. The molecule has 1 rings (SSSR count). The maximum Gasteiger partial charge on any atom is 0.352 e. The third-order valence-electron chi connectivity index (χ3n) is 2.17. The molecule has 1 aromatic rings. The van der Waals surface area contributed by atoms with Gasteiger partial charge >= 0.3 is 11.9 Å².